The van der Waals surface area contributed by atoms with Crippen LogP contribution < -0.4 is 11.3 Å². The molecule has 0 fully saturated rings. The van der Waals surface area contributed by atoms with Crippen LogP contribution in [0.5, 0.6) is 0 Å². The molecule has 0 aliphatic carbocycles. The van der Waals surface area contributed by atoms with E-state index >= 15 is 0 Å². The predicted molar refractivity (Wildman–Crippen MR) is 60.2 cm³/mol. The summed E-state index contributed by atoms with van der Waals surface area (Å²) in [5.41, 5.74) is 0.859. The highest BCUT2D eigenvalue weighted by Gasteiger charge is 2.33. The summed E-state index contributed by atoms with van der Waals surface area (Å²) in [6.07, 6.45) is -2.20. The molecule has 0 atom stereocenters. The molecule has 1 amide bonds. The average molecular weight is 270 g/mol. The van der Waals surface area contributed by atoms with Gasteiger partial charge in [-0.25, -0.2) is 10.8 Å². The molecular weight excluding hydrogens is 261 g/mol. The number of carbonyl (C=O) groups is 1. The number of hydrogen-bond donors (Lipinski definition) is 2. The lowest BCUT2D eigenvalue weighted by Gasteiger charge is -2.12. The van der Waals surface area contributed by atoms with Crippen LogP contribution in [-0.2, 0) is 6.18 Å². The summed E-state index contributed by atoms with van der Waals surface area (Å²) in [7, 11) is 0. The highest BCUT2D eigenvalue weighted by atomic mass is 19.4. The van der Waals surface area contributed by atoms with E-state index in [1.54, 1.807) is 0 Å². The van der Waals surface area contributed by atoms with E-state index in [0.717, 1.165) is 17.0 Å². The van der Waals surface area contributed by atoms with Gasteiger partial charge in [0.2, 0.25) is 0 Å². The minimum atomic E-state index is -4.49. The zero-order valence-electron chi connectivity index (χ0n) is 9.48. The van der Waals surface area contributed by atoms with Crippen molar-refractivity contribution in [2.45, 2.75) is 6.18 Å². The maximum Gasteiger partial charge on any atom is 0.418 e. The van der Waals surface area contributed by atoms with E-state index in [2.05, 4.69) is 4.98 Å². The quantitative estimate of drug-likeness (QED) is 0.493. The number of hydrogen-bond acceptors (Lipinski definition) is 3. The molecule has 0 spiro atoms. The molecule has 0 unspecified atom stereocenters. The zero-order valence-corrected chi connectivity index (χ0v) is 9.48. The van der Waals surface area contributed by atoms with Gasteiger partial charge in [0.15, 0.2) is 0 Å². The molecule has 5 nitrogen and oxygen atoms in total. The number of rotatable bonds is 2. The van der Waals surface area contributed by atoms with E-state index in [9.17, 15) is 18.0 Å². The first-order chi connectivity index (χ1) is 8.93. The number of para-hydroxylation sites is 1. The molecule has 100 valence electrons. The molecule has 0 bridgehead atoms. The Morgan fingerprint density at radius 3 is 2.63 bits per heavy atom. The van der Waals surface area contributed by atoms with Crippen molar-refractivity contribution in [1.82, 2.24) is 15.0 Å². The Balaban J connectivity index is 2.48. The Morgan fingerprint density at radius 1 is 1.32 bits per heavy atom. The van der Waals surface area contributed by atoms with Crippen molar-refractivity contribution in [3.63, 3.8) is 0 Å². The summed E-state index contributed by atoms with van der Waals surface area (Å²) >= 11 is 0. The van der Waals surface area contributed by atoms with Gasteiger partial charge in [0.05, 0.1) is 11.3 Å². The van der Waals surface area contributed by atoms with Crippen LogP contribution in [0.15, 0.2) is 36.8 Å². The van der Waals surface area contributed by atoms with Crippen molar-refractivity contribution in [2.75, 3.05) is 0 Å². The molecule has 19 heavy (non-hydrogen) atoms. The Morgan fingerprint density at radius 2 is 2.00 bits per heavy atom. The van der Waals surface area contributed by atoms with Gasteiger partial charge in [0.25, 0.3) is 5.91 Å². The van der Waals surface area contributed by atoms with E-state index in [-0.39, 0.29) is 11.4 Å². The Kier molecular flexibility index (Phi) is 3.26. The van der Waals surface area contributed by atoms with Gasteiger partial charge in [-0.2, -0.15) is 13.2 Å². The monoisotopic (exact) mass is 270 g/mol. The lowest BCUT2D eigenvalue weighted by atomic mass is 10.1. The van der Waals surface area contributed by atoms with Crippen LogP contribution in [0.1, 0.15) is 16.1 Å². The second kappa shape index (κ2) is 4.73. The Hall–Kier alpha value is -2.35. The fraction of sp³-hybridized carbons (Fsp3) is 0.0909. The summed E-state index contributed by atoms with van der Waals surface area (Å²) < 4.78 is 39.6. The molecular formula is C11H9F3N4O. The van der Waals surface area contributed by atoms with Crippen LogP contribution in [0.2, 0.25) is 0 Å². The van der Waals surface area contributed by atoms with Gasteiger partial charge in [-0.15, -0.1) is 0 Å². The molecule has 0 aliphatic rings. The van der Waals surface area contributed by atoms with Crippen molar-refractivity contribution in [2.24, 2.45) is 5.84 Å². The fourth-order valence-corrected chi connectivity index (χ4v) is 1.58. The van der Waals surface area contributed by atoms with Gasteiger partial charge >= 0.3 is 6.18 Å². The summed E-state index contributed by atoms with van der Waals surface area (Å²) in [4.78, 5) is 14.9. The molecule has 3 N–H and O–H groups in total. The molecule has 1 aromatic carbocycles. The number of amides is 1. The number of benzene rings is 1. The van der Waals surface area contributed by atoms with Gasteiger partial charge in [-0.3, -0.25) is 10.2 Å². The molecule has 8 heteroatoms. The van der Waals surface area contributed by atoms with Crippen LogP contribution in [0.3, 0.4) is 0 Å². The number of nitrogen functional groups attached to an aromatic ring is 1. The summed E-state index contributed by atoms with van der Waals surface area (Å²) in [6.45, 7) is 0. The van der Waals surface area contributed by atoms with Gasteiger partial charge in [0.1, 0.15) is 12.0 Å². The first-order valence-corrected chi connectivity index (χ1v) is 5.15. The number of carbonyl (C=O) groups excluding carboxylic acids is 1. The molecule has 0 aliphatic heterocycles. The maximum absolute atomic E-state index is 12.8. The SMILES string of the molecule is NNC(=O)c1cn(-c2ccccc2C(F)(F)F)cn1. The van der Waals surface area contributed by atoms with Crippen molar-refractivity contribution in [1.29, 1.82) is 0 Å². The number of alkyl halides is 3. The van der Waals surface area contributed by atoms with Crippen LogP contribution >= 0.6 is 0 Å². The first-order valence-electron chi connectivity index (χ1n) is 5.15. The number of nitrogens with two attached hydrogens (primary N) is 1. The second-order valence-corrected chi connectivity index (χ2v) is 3.65. The number of halogens is 3. The van der Waals surface area contributed by atoms with Crippen LogP contribution in [0, 0.1) is 0 Å². The lowest BCUT2D eigenvalue weighted by Crippen LogP contribution is -2.30. The van der Waals surface area contributed by atoms with Crippen molar-refractivity contribution in [3.05, 3.63) is 48.0 Å². The van der Waals surface area contributed by atoms with Gasteiger partial charge in [-0.05, 0) is 12.1 Å². The van der Waals surface area contributed by atoms with Gasteiger partial charge in [0, 0.05) is 6.20 Å². The molecule has 2 aromatic rings. The molecule has 1 heterocycles. The first kappa shape index (κ1) is 13.1. The Labute approximate surface area is 105 Å². The highest BCUT2D eigenvalue weighted by molar-refractivity contribution is 5.91. The van der Waals surface area contributed by atoms with Gasteiger partial charge < -0.3 is 4.57 Å². The number of imidazole rings is 1. The van der Waals surface area contributed by atoms with Crippen molar-refractivity contribution in [3.8, 4) is 5.69 Å². The van der Waals surface area contributed by atoms with Crippen molar-refractivity contribution >= 4 is 5.91 Å². The number of nitrogens with one attached hydrogen (secondary N) is 1. The smallest absolute Gasteiger partial charge is 0.305 e. The predicted octanol–water partition coefficient (Wildman–Crippen LogP) is 1.49. The minimum absolute atomic E-state index is 0.0699. The minimum Gasteiger partial charge on any atom is -0.305 e. The summed E-state index contributed by atoms with van der Waals surface area (Å²) in [5, 5.41) is 0. The molecule has 0 saturated carbocycles. The fourth-order valence-electron chi connectivity index (χ4n) is 1.58. The molecule has 0 saturated heterocycles. The number of nitrogens with zero attached hydrogens (tertiary/aromatic N) is 2. The van der Waals surface area contributed by atoms with E-state index in [1.165, 1.54) is 24.4 Å². The van der Waals surface area contributed by atoms with Crippen LogP contribution in [0.4, 0.5) is 13.2 Å². The average Bonchev–Trinajstić information content (AvgIpc) is 2.86. The third kappa shape index (κ3) is 2.58. The van der Waals surface area contributed by atoms with Gasteiger partial charge in [-0.1, -0.05) is 12.1 Å². The van der Waals surface area contributed by atoms with Crippen molar-refractivity contribution < 1.29 is 18.0 Å². The van der Waals surface area contributed by atoms with E-state index < -0.39 is 17.6 Å². The summed E-state index contributed by atoms with van der Waals surface area (Å²) in [6, 6.07) is 5.00. The molecule has 0 radical (unpaired) electrons. The molecule has 1 aromatic heterocycles. The van der Waals surface area contributed by atoms with E-state index in [1.807, 2.05) is 5.43 Å². The largest absolute Gasteiger partial charge is 0.418 e. The topological polar surface area (TPSA) is 72.9 Å². The number of hydrazine groups is 1. The van der Waals surface area contributed by atoms with Crippen LogP contribution in [-0.4, -0.2) is 15.5 Å². The Bertz CT molecular complexity index is 606. The standard InChI is InChI=1S/C11H9F3N4O/c12-11(13,14)7-3-1-2-4-9(7)18-5-8(16-6-18)10(19)17-15/h1-6H,15H2,(H,17,19). The maximum atomic E-state index is 12.8. The third-order valence-corrected chi connectivity index (χ3v) is 2.43. The third-order valence-electron chi connectivity index (χ3n) is 2.43. The number of aromatic nitrogens is 2. The molecule has 2 rings (SSSR count). The highest BCUT2D eigenvalue weighted by Crippen LogP contribution is 2.33. The van der Waals surface area contributed by atoms with Crippen LogP contribution in [0.25, 0.3) is 5.69 Å². The zero-order chi connectivity index (χ0) is 14.0. The summed E-state index contributed by atoms with van der Waals surface area (Å²) in [5.74, 6) is 4.24. The lowest BCUT2D eigenvalue weighted by molar-refractivity contribution is -0.137. The van der Waals surface area contributed by atoms with E-state index in [0.29, 0.717) is 0 Å². The van der Waals surface area contributed by atoms with E-state index in [4.69, 9.17) is 5.84 Å². The normalized spacial score (nSPS) is 11.4. The second-order valence-electron chi connectivity index (χ2n) is 3.65.